The molecule has 0 radical (unpaired) electrons. The average Bonchev–Trinajstić information content (AvgIpc) is 2.92. The molecule has 0 spiro atoms. The molecule has 138 valence electrons. The van der Waals surface area contributed by atoms with Crippen LogP contribution in [0.5, 0.6) is 5.75 Å². The number of piperidine rings is 1. The highest BCUT2D eigenvalue weighted by Gasteiger charge is 2.27. The van der Waals surface area contributed by atoms with Gasteiger partial charge < -0.3 is 4.74 Å². The monoisotopic (exact) mass is 415 g/mol. The van der Waals surface area contributed by atoms with Gasteiger partial charge in [0.1, 0.15) is 0 Å². The van der Waals surface area contributed by atoms with E-state index < -0.39 is 6.61 Å². The molecule has 1 saturated heterocycles. The lowest BCUT2D eigenvalue weighted by Gasteiger charge is -2.40. The number of ether oxygens (including phenoxy) is 1. The Morgan fingerprint density at radius 2 is 1.96 bits per heavy atom. The summed E-state index contributed by atoms with van der Waals surface area (Å²) in [6, 6.07) is 3.51. The molecule has 2 heterocycles. The SMILES string of the molecule is CC(C)(C)N1CCC(Cn2cc3c(OC(F)F)c(Br)ccc3n2)CC1. The Labute approximate surface area is 155 Å². The van der Waals surface area contributed by atoms with Gasteiger partial charge in [0.2, 0.25) is 0 Å². The molecule has 0 amide bonds. The first-order valence-corrected chi connectivity index (χ1v) is 9.39. The van der Waals surface area contributed by atoms with Crippen molar-refractivity contribution < 1.29 is 13.5 Å². The van der Waals surface area contributed by atoms with Gasteiger partial charge in [-0.15, -0.1) is 0 Å². The number of aromatic nitrogens is 2. The number of alkyl halides is 2. The molecule has 0 saturated carbocycles. The van der Waals surface area contributed by atoms with Crippen molar-refractivity contribution in [3.05, 3.63) is 22.8 Å². The number of halogens is 3. The van der Waals surface area contributed by atoms with Crippen molar-refractivity contribution in [3.8, 4) is 5.75 Å². The minimum atomic E-state index is -2.85. The fourth-order valence-corrected chi connectivity index (χ4v) is 3.88. The van der Waals surface area contributed by atoms with Gasteiger partial charge in [-0.3, -0.25) is 9.58 Å². The van der Waals surface area contributed by atoms with E-state index in [2.05, 4.69) is 51.4 Å². The van der Waals surface area contributed by atoms with E-state index in [-0.39, 0.29) is 11.3 Å². The molecule has 1 aromatic carbocycles. The highest BCUT2D eigenvalue weighted by Crippen LogP contribution is 2.35. The second-order valence-electron chi connectivity index (χ2n) is 7.64. The smallest absolute Gasteiger partial charge is 0.387 e. The van der Waals surface area contributed by atoms with Crippen molar-refractivity contribution in [2.24, 2.45) is 5.92 Å². The number of hydrogen-bond acceptors (Lipinski definition) is 3. The molecule has 7 heteroatoms. The quantitative estimate of drug-likeness (QED) is 0.710. The first-order chi connectivity index (χ1) is 11.7. The number of benzene rings is 1. The van der Waals surface area contributed by atoms with E-state index >= 15 is 0 Å². The number of nitrogens with zero attached hydrogens (tertiary/aromatic N) is 3. The molecule has 0 aliphatic carbocycles. The standard InChI is InChI=1S/C18H24BrF2N3O/c1-18(2,3)23-8-6-12(7-9-23)10-24-11-13-15(22-24)5-4-14(19)16(13)25-17(20)21/h4-5,11-12,17H,6-10H2,1-3H3. The summed E-state index contributed by atoms with van der Waals surface area (Å²) in [5.74, 6) is 0.706. The van der Waals surface area contributed by atoms with Gasteiger partial charge in [0.15, 0.2) is 5.75 Å². The predicted octanol–water partition coefficient (Wildman–Crippen LogP) is 4.91. The Bertz CT molecular complexity index is 734. The molecule has 0 unspecified atom stereocenters. The topological polar surface area (TPSA) is 30.3 Å². The van der Waals surface area contributed by atoms with E-state index in [1.165, 1.54) is 0 Å². The van der Waals surface area contributed by atoms with Gasteiger partial charge in [0.05, 0.1) is 15.4 Å². The van der Waals surface area contributed by atoms with Crippen LogP contribution in [0.25, 0.3) is 10.9 Å². The molecule has 1 fully saturated rings. The summed E-state index contributed by atoms with van der Waals surface area (Å²) in [5, 5.41) is 5.15. The van der Waals surface area contributed by atoms with E-state index in [0.29, 0.717) is 21.3 Å². The van der Waals surface area contributed by atoms with E-state index in [1.807, 2.05) is 16.9 Å². The molecule has 3 rings (SSSR count). The van der Waals surface area contributed by atoms with Crippen molar-refractivity contribution in [1.82, 2.24) is 14.7 Å². The van der Waals surface area contributed by atoms with Crippen molar-refractivity contribution in [2.45, 2.75) is 52.3 Å². The van der Waals surface area contributed by atoms with E-state index in [1.54, 1.807) is 6.07 Å². The van der Waals surface area contributed by atoms with Gasteiger partial charge in [0, 0.05) is 18.3 Å². The lowest BCUT2D eigenvalue weighted by atomic mass is 9.93. The fraction of sp³-hybridized carbons (Fsp3) is 0.611. The first kappa shape index (κ1) is 18.6. The predicted molar refractivity (Wildman–Crippen MR) is 98.1 cm³/mol. The van der Waals surface area contributed by atoms with Crippen LogP contribution in [0.3, 0.4) is 0 Å². The first-order valence-electron chi connectivity index (χ1n) is 8.59. The molecule has 2 aromatic rings. The highest BCUT2D eigenvalue weighted by atomic mass is 79.9. The van der Waals surface area contributed by atoms with E-state index in [4.69, 9.17) is 0 Å². The summed E-state index contributed by atoms with van der Waals surface area (Å²) < 4.78 is 32.4. The van der Waals surface area contributed by atoms with Crippen LogP contribution in [-0.2, 0) is 6.54 Å². The van der Waals surface area contributed by atoms with Gasteiger partial charge in [0.25, 0.3) is 0 Å². The largest absolute Gasteiger partial charge is 0.433 e. The molecule has 0 atom stereocenters. The van der Waals surface area contributed by atoms with Crippen molar-refractivity contribution in [2.75, 3.05) is 13.1 Å². The maximum atomic E-state index is 12.7. The molecule has 1 aromatic heterocycles. The average molecular weight is 416 g/mol. The number of likely N-dealkylation sites (tertiary alicyclic amines) is 1. The Morgan fingerprint density at radius 3 is 2.56 bits per heavy atom. The van der Waals surface area contributed by atoms with Gasteiger partial charge in [-0.05, 0) is 80.7 Å². The molecule has 1 aliphatic rings. The molecule has 25 heavy (non-hydrogen) atoms. The maximum absolute atomic E-state index is 12.7. The lowest BCUT2D eigenvalue weighted by molar-refractivity contribution is -0.0492. The number of hydrogen-bond donors (Lipinski definition) is 0. The van der Waals surface area contributed by atoms with E-state index in [0.717, 1.165) is 32.5 Å². The Kier molecular flexibility index (Phi) is 5.34. The van der Waals surface area contributed by atoms with Crippen molar-refractivity contribution in [3.63, 3.8) is 0 Å². The Morgan fingerprint density at radius 1 is 1.28 bits per heavy atom. The zero-order valence-electron chi connectivity index (χ0n) is 14.8. The number of rotatable bonds is 4. The van der Waals surface area contributed by atoms with Crippen molar-refractivity contribution >= 4 is 26.8 Å². The van der Waals surface area contributed by atoms with Crippen LogP contribution in [0, 0.1) is 5.92 Å². The summed E-state index contributed by atoms with van der Waals surface area (Å²) in [7, 11) is 0. The minimum Gasteiger partial charge on any atom is -0.433 e. The van der Waals surface area contributed by atoms with Crippen LogP contribution in [0.1, 0.15) is 33.6 Å². The number of fused-ring (bicyclic) bond motifs is 1. The summed E-state index contributed by atoms with van der Waals surface area (Å²) >= 11 is 3.28. The normalized spacial score (nSPS) is 17.6. The van der Waals surface area contributed by atoms with Crippen LogP contribution in [0.2, 0.25) is 0 Å². The molecular formula is C18H24BrF2N3O. The molecule has 1 aliphatic heterocycles. The zero-order valence-corrected chi connectivity index (χ0v) is 16.4. The minimum absolute atomic E-state index is 0.154. The van der Waals surface area contributed by atoms with E-state index in [9.17, 15) is 8.78 Å². The summed E-state index contributed by atoms with van der Waals surface area (Å²) in [4.78, 5) is 2.51. The second kappa shape index (κ2) is 7.19. The molecule has 4 nitrogen and oxygen atoms in total. The van der Waals surface area contributed by atoms with Gasteiger partial charge in [-0.25, -0.2) is 0 Å². The zero-order chi connectivity index (χ0) is 18.2. The molecule has 0 bridgehead atoms. The van der Waals surface area contributed by atoms with Crippen LogP contribution in [0.4, 0.5) is 8.78 Å². The third-order valence-corrected chi connectivity index (χ3v) is 5.48. The summed E-state index contributed by atoms with van der Waals surface area (Å²) in [6.45, 7) is 6.85. The fourth-order valence-electron chi connectivity index (χ4n) is 3.44. The molecular weight excluding hydrogens is 392 g/mol. The van der Waals surface area contributed by atoms with Gasteiger partial charge >= 0.3 is 6.61 Å². The Hall–Kier alpha value is -1.21. The highest BCUT2D eigenvalue weighted by molar-refractivity contribution is 9.10. The summed E-state index contributed by atoms with van der Waals surface area (Å²) in [5.41, 5.74) is 0.880. The van der Waals surface area contributed by atoms with Gasteiger partial charge in [-0.2, -0.15) is 13.9 Å². The van der Waals surface area contributed by atoms with Crippen LogP contribution in [0.15, 0.2) is 22.8 Å². The second-order valence-corrected chi connectivity index (χ2v) is 8.49. The maximum Gasteiger partial charge on any atom is 0.387 e. The third kappa shape index (κ3) is 4.31. The lowest BCUT2D eigenvalue weighted by Crippen LogP contribution is -2.46. The van der Waals surface area contributed by atoms with Crippen LogP contribution >= 0.6 is 15.9 Å². The van der Waals surface area contributed by atoms with Crippen LogP contribution in [-0.4, -0.2) is 39.9 Å². The van der Waals surface area contributed by atoms with Gasteiger partial charge in [-0.1, -0.05) is 0 Å². The summed E-state index contributed by atoms with van der Waals surface area (Å²) in [6.07, 6.45) is 4.06. The third-order valence-electron chi connectivity index (χ3n) is 4.85. The molecule has 0 N–H and O–H groups in total. The van der Waals surface area contributed by atoms with Crippen LogP contribution < -0.4 is 4.74 Å². The Balaban J connectivity index is 1.73. The van der Waals surface area contributed by atoms with Crippen molar-refractivity contribution in [1.29, 1.82) is 0 Å².